The van der Waals surface area contributed by atoms with Crippen molar-refractivity contribution in [3.63, 3.8) is 0 Å². The van der Waals surface area contributed by atoms with E-state index in [-0.39, 0.29) is 18.5 Å². The molecule has 2 bridgehead atoms. The summed E-state index contributed by atoms with van der Waals surface area (Å²) in [6.45, 7) is 3.80. The number of ether oxygens (including phenoxy) is 1. The van der Waals surface area contributed by atoms with E-state index in [9.17, 15) is 9.59 Å². The van der Waals surface area contributed by atoms with Crippen molar-refractivity contribution in [1.29, 1.82) is 0 Å². The van der Waals surface area contributed by atoms with Gasteiger partial charge in [-0.15, -0.1) is 17.9 Å². The van der Waals surface area contributed by atoms with Gasteiger partial charge in [-0.05, 0) is 37.0 Å². The molecule has 0 saturated heterocycles. The molecule has 6 heteroatoms. The number of anilines is 1. The number of fused-ring (bicyclic) bond motifs is 2. The molecule has 0 spiro atoms. The molecule has 4 rings (SSSR count). The average molecular weight is 411 g/mol. The van der Waals surface area contributed by atoms with E-state index in [4.69, 9.17) is 4.74 Å². The minimum atomic E-state index is -0.278. The van der Waals surface area contributed by atoms with E-state index in [1.54, 1.807) is 6.08 Å². The van der Waals surface area contributed by atoms with E-state index in [1.807, 2.05) is 35.7 Å². The van der Waals surface area contributed by atoms with Crippen LogP contribution in [0.3, 0.4) is 0 Å². The van der Waals surface area contributed by atoms with Crippen LogP contribution in [-0.2, 0) is 14.3 Å². The number of thiazole rings is 1. The lowest BCUT2D eigenvalue weighted by molar-refractivity contribution is -0.149. The van der Waals surface area contributed by atoms with Crippen LogP contribution in [0.5, 0.6) is 0 Å². The molecule has 2 aliphatic carbocycles. The zero-order valence-corrected chi connectivity index (χ0v) is 17.3. The Kier molecular flexibility index (Phi) is 6.09. The summed E-state index contributed by atoms with van der Waals surface area (Å²) in [6.07, 6.45) is 7.03. The Morgan fingerprint density at radius 1 is 1.24 bits per heavy atom. The number of aromatic nitrogens is 1. The van der Waals surface area contributed by atoms with Crippen molar-refractivity contribution in [2.24, 2.45) is 17.8 Å². The first-order chi connectivity index (χ1) is 14.1. The van der Waals surface area contributed by atoms with Crippen molar-refractivity contribution < 1.29 is 14.3 Å². The molecular formula is C23H26N2O3S. The second kappa shape index (κ2) is 8.91. The number of benzene rings is 1. The summed E-state index contributed by atoms with van der Waals surface area (Å²) in [4.78, 5) is 31.1. The summed E-state index contributed by atoms with van der Waals surface area (Å²) < 4.78 is 5.33. The third-order valence-corrected chi connectivity index (χ3v) is 6.94. The molecule has 2 aromatic rings. The molecular weight excluding hydrogens is 384 g/mol. The van der Waals surface area contributed by atoms with Crippen molar-refractivity contribution in [3.05, 3.63) is 48.4 Å². The van der Waals surface area contributed by atoms with E-state index in [2.05, 4.69) is 11.6 Å². The van der Waals surface area contributed by atoms with E-state index in [0.29, 0.717) is 29.9 Å². The van der Waals surface area contributed by atoms with Crippen LogP contribution in [0.2, 0.25) is 0 Å². The Hall–Kier alpha value is -2.47. The predicted molar refractivity (Wildman–Crippen MR) is 115 cm³/mol. The summed E-state index contributed by atoms with van der Waals surface area (Å²) >= 11 is 1.40. The van der Waals surface area contributed by atoms with Gasteiger partial charge in [-0.1, -0.05) is 42.8 Å². The second-order valence-electron chi connectivity index (χ2n) is 7.97. The fourth-order valence-electron chi connectivity index (χ4n) is 4.67. The van der Waals surface area contributed by atoms with Crippen molar-refractivity contribution in [2.45, 2.75) is 32.1 Å². The molecule has 5 nitrogen and oxygen atoms in total. The zero-order chi connectivity index (χ0) is 20.2. The molecule has 152 valence electrons. The van der Waals surface area contributed by atoms with Crippen LogP contribution in [-0.4, -0.2) is 30.0 Å². The number of rotatable bonds is 8. The normalized spacial score (nSPS) is 22.4. The molecule has 0 aliphatic heterocycles. The number of carbonyl (C=O) groups is 2. The van der Waals surface area contributed by atoms with E-state index in [1.165, 1.54) is 35.5 Å². The highest BCUT2D eigenvalue weighted by atomic mass is 32.1. The van der Waals surface area contributed by atoms with Gasteiger partial charge in [0, 0.05) is 23.9 Å². The number of hydrogen-bond donors (Lipinski definition) is 0. The maximum atomic E-state index is 12.7. The van der Waals surface area contributed by atoms with Crippen LogP contribution >= 0.6 is 11.3 Å². The quantitative estimate of drug-likeness (QED) is 0.468. The van der Waals surface area contributed by atoms with Crippen LogP contribution in [0, 0.1) is 17.8 Å². The molecule has 3 atom stereocenters. The SMILES string of the molecule is C=CCN(C(=O)COC(=O)C[C@H]1C[C@H]2CC[C@@H]1C2)c1nc(-c2ccccc2)cs1. The molecule has 1 aromatic carbocycles. The van der Waals surface area contributed by atoms with Gasteiger partial charge in [-0.2, -0.15) is 0 Å². The largest absolute Gasteiger partial charge is 0.456 e. The first-order valence-electron chi connectivity index (χ1n) is 10.2. The molecule has 1 amide bonds. The summed E-state index contributed by atoms with van der Waals surface area (Å²) in [5.74, 6) is 1.37. The molecule has 2 fully saturated rings. The number of esters is 1. The molecule has 2 saturated carbocycles. The highest BCUT2D eigenvalue weighted by Crippen LogP contribution is 2.49. The molecule has 0 radical (unpaired) electrons. The Morgan fingerprint density at radius 3 is 2.76 bits per heavy atom. The lowest BCUT2D eigenvalue weighted by atomic mass is 9.86. The summed E-state index contributed by atoms with van der Waals surface area (Å²) in [5.41, 5.74) is 1.82. The molecule has 1 heterocycles. The maximum absolute atomic E-state index is 12.7. The third-order valence-electron chi connectivity index (χ3n) is 6.08. The Labute approximate surface area is 175 Å². The summed E-state index contributed by atoms with van der Waals surface area (Å²) in [5, 5.41) is 2.51. The molecule has 1 aromatic heterocycles. The molecule has 2 aliphatic rings. The molecule has 0 unspecified atom stereocenters. The van der Waals surface area contributed by atoms with Gasteiger partial charge in [0.05, 0.1) is 5.69 Å². The van der Waals surface area contributed by atoms with E-state index >= 15 is 0 Å². The van der Waals surface area contributed by atoms with Gasteiger partial charge in [-0.25, -0.2) is 4.98 Å². The Balaban J connectivity index is 1.34. The fourth-order valence-corrected chi connectivity index (χ4v) is 5.53. The first kappa shape index (κ1) is 19.8. The third kappa shape index (κ3) is 4.58. The minimum absolute atomic E-state index is 0.256. The number of nitrogens with zero attached hydrogens (tertiary/aromatic N) is 2. The van der Waals surface area contributed by atoms with E-state index in [0.717, 1.165) is 23.6 Å². The lowest BCUT2D eigenvalue weighted by Crippen LogP contribution is -2.35. The Morgan fingerprint density at radius 2 is 2.07 bits per heavy atom. The summed E-state index contributed by atoms with van der Waals surface area (Å²) in [7, 11) is 0. The smallest absolute Gasteiger partial charge is 0.306 e. The molecule has 29 heavy (non-hydrogen) atoms. The van der Waals surface area contributed by atoms with Crippen molar-refractivity contribution in [1.82, 2.24) is 4.98 Å². The highest BCUT2D eigenvalue weighted by molar-refractivity contribution is 7.14. The Bertz CT molecular complexity index is 879. The van der Waals surface area contributed by atoms with Gasteiger partial charge in [0.25, 0.3) is 5.91 Å². The van der Waals surface area contributed by atoms with Crippen LogP contribution < -0.4 is 4.90 Å². The second-order valence-corrected chi connectivity index (χ2v) is 8.81. The van der Waals surface area contributed by atoms with Crippen LogP contribution in [0.15, 0.2) is 48.4 Å². The lowest BCUT2D eigenvalue weighted by Gasteiger charge is -2.21. The van der Waals surface area contributed by atoms with Crippen molar-refractivity contribution >= 4 is 28.3 Å². The van der Waals surface area contributed by atoms with Gasteiger partial charge >= 0.3 is 5.97 Å². The van der Waals surface area contributed by atoms with E-state index < -0.39 is 0 Å². The van der Waals surface area contributed by atoms with Gasteiger partial charge in [-0.3, -0.25) is 14.5 Å². The van der Waals surface area contributed by atoms with Gasteiger partial charge in [0.1, 0.15) is 0 Å². The number of hydrogen-bond acceptors (Lipinski definition) is 5. The van der Waals surface area contributed by atoms with Gasteiger partial charge in [0.2, 0.25) is 0 Å². The minimum Gasteiger partial charge on any atom is -0.456 e. The topological polar surface area (TPSA) is 59.5 Å². The van der Waals surface area contributed by atoms with Gasteiger partial charge in [0.15, 0.2) is 11.7 Å². The van der Waals surface area contributed by atoms with Crippen LogP contribution in [0.1, 0.15) is 32.1 Å². The zero-order valence-electron chi connectivity index (χ0n) is 16.5. The van der Waals surface area contributed by atoms with Crippen molar-refractivity contribution in [3.8, 4) is 11.3 Å². The monoisotopic (exact) mass is 410 g/mol. The number of amides is 1. The standard InChI is InChI=1S/C23H26N2O3S/c1-2-10-25(23-24-20(15-29-23)17-6-4-3-5-7-17)21(26)14-28-22(27)13-19-12-16-8-9-18(19)11-16/h2-7,15-16,18-19H,1,8-14H2/t16-,18+,19+/m0/s1. The molecule has 0 N–H and O–H groups in total. The van der Waals surface area contributed by atoms with Gasteiger partial charge < -0.3 is 4.74 Å². The van der Waals surface area contributed by atoms with Crippen molar-refractivity contribution in [2.75, 3.05) is 18.1 Å². The van der Waals surface area contributed by atoms with Crippen LogP contribution in [0.25, 0.3) is 11.3 Å². The predicted octanol–water partition coefficient (Wildman–Crippen LogP) is 4.70. The fraction of sp³-hybridized carbons (Fsp3) is 0.435. The number of carbonyl (C=O) groups excluding carboxylic acids is 2. The first-order valence-corrected chi connectivity index (χ1v) is 11.1. The average Bonchev–Trinajstić information content (AvgIpc) is 3.48. The highest BCUT2D eigenvalue weighted by Gasteiger charge is 2.40. The maximum Gasteiger partial charge on any atom is 0.306 e. The van der Waals surface area contributed by atoms with Crippen LogP contribution in [0.4, 0.5) is 5.13 Å². The summed E-state index contributed by atoms with van der Waals surface area (Å²) in [6, 6.07) is 9.83.